The molecule has 2 atom stereocenters. The van der Waals surface area contributed by atoms with Gasteiger partial charge in [0.2, 0.25) is 0 Å². The van der Waals surface area contributed by atoms with Crippen LogP contribution in [0.15, 0.2) is 0 Å². The van der Waals surface area contributed by atoms with Gasteiger partial charge in [0, 0.05) is 12.6 Å². The number of nitrogens with one attached hydrogen (secondary N) is 1. The molecule has 0 radical (unpaired) electrons. The molecule has 4 heteroatoms. The molecular formula is C13H23NO3. The predicted molar refractivity (Wildman–Crippen MR) is 64.8 cm³/mol. The van der Waals surface area contributed by atoms with E-state index in [2.05, 4.69) is 5.32 Å². The summed E-state index contributed by atoms with van der Waals surface area (Å²) < 4.78 is 0. The normalized spacial score (nSPS) is 32.5. The minimum Gasteiger partial charge on any atom is -0.481 e. The Morgan fingerprint density at radius 3 is 2.29 bits per heavy atom. The van der Waals surface area contributed by atoms with Crippen LogP contribution in [0, 0.1) is 5.92 Å². The van der Waals surface area contributed by atoms with E-state index in [1.165, 1.54) is 12.8 Å². The second-order valence-electron chi connectivity index (χ2n) is 5.65. The average Bonchev–Trinajstić information content (AvgIpc) is 2.41. The van der Waals surface area contributed by atoms with Crippen molar-refractivity contribution in [3.05, 3.63) is 0 Å². The minimum atomic E-state index is -0.707. The van der Waals surface area contributed by atoms with Crippen LogP contribution in [0.4, 0.5) is 0 Å². The molecule has 0 heterocycles. The lowest BCUT2D eigenvalue weighted by molar-refractivity contribution is -0.146. The first-order valence-corrected chi connectivity index (χ1v) is 6.79. The summed E-state index contributed by atoms with van der Waals surface area (Å²) in [4.78, 5) is 10.9. The number of aliphatic hydroxyl groups is 1. The molecule has 3 N–H and O–H groups in total. The topological polar surface area (TPSA) is 69.6 Å². The summed E-state index contributed by atoms with van der Waals surface area (Å²) >= 11 is 0. The standard InChI is InChI=1S/C13H23NO3/c15-12(16)10-5-6-11(10)14-9-13(17)7-3-1-2-4-8-13/h10-11,14,17H,1-9H2,(H,15,16). The summed E-state index contributed by atoms with van der Waals surface area (Å²) in [5.41, 5.74) is -0.602. The molecule has 0 aromatic rings. The van der Waals surface area contributed by atoms with Gasteiger partial charge in [-0.05, 0) is 25.7 Å². The summed E-state index contributed by atoms with van der Waals surface area (Å²) in [6.45, 7) is 0.557. The van der Waals surface area contributed by atoms with Crippen molar-refractivity contribution in [1.29, 1.82) is 0 Å². The van der Waals surface area contributed by atoms with E-state index in [4.69, 9.17) is 5.11 Å². The van der Waals surface area contributed by atoms with Crippen LogP contribution in [-0.4, -0.2) is 34.4 Å². The van der Waals surface area contributed by atoms with E-state index in [0.29, 0.717) is 6.54 Å². The first-order chi connectivity index (χ1) is 8.11. The highest BCUT2D eigenvalue weighted by molar-refractivity contribution is 5.72. The number of hydrogen-bond acceptors (Lipinski definition) is 3. The summed E-state index contributed by atoms with van der Waals surface area (Å²) in [6, 6.07) is 0.0692. The molecule has 0 aromatic heterocycles. The molecule has 17 heavy (non-hydrogen) atoms. The number of rotatable bonds is 4. The molecule has 0 bridgehead atoms. The van der Waals surface area contributed by atoms with Gasteiger partial charge in [0.25, 0.3) is 0 Å². The Morgan fingerprint density at radius 2 is 1.82 bits per heavy atom. The van der Waals surface area contributed by atoms with Crippen LogP contribution in [0.2, 0.25) is 0 Å². The minimum absolute atomic E-state index is 0.0692. The zero-order chi connectivity index (χ0) is 12.3. The molecule has 2 rings (SSSR count). The van der Waals surface area contributed by atoms with Crippen LogP contribution in [0.25, 0.3) is 0 Å². The van der Waals surface area contributed by atoms with Crippen LogP contribution in [0.5, 0.6) is 0 Å². The largest absolute Gasteiger partial charge is 0.481 e. The van der Waals surface area contributed by atoms with Crippen LogP contribution in [0.1, 0.15) is 51.4 Å². The highest BCUT2D eigenvalue weighted by Crippen LogP contribution is 2.30. The predicted octanol–water partition coefficient (Wildman–Crippen LogP) is 1.52. The lowest BCUT2D eigenvalue weighted by atomic mass is 9.79. The van der Waals surface area contributed by atoms with Crippen LogP contribution < -0.4 is 5.32 Å². The van der Waals surface area contributed by atoms with E-state index in [-0.39, 0.29) is 12.0 Å². The Bertz CT molecular complexity index is 272. The number of aliphatic carboxylic acids is 1. The van der Waals surface area contributed by atoms with Gasteiger partial charge in [-0.1, -0.05) is 25.7 Å². The second kappa shape index (κ2) is 5.36. The first kappa shape index (κ1) is 12.8. The van der Waals surface area contributed by atoms with Crippen molar-refractivity contribution < 1.29 is 15.0 Å². The Kier molecular flexibility index (Phi) is 4.05. The van der Waals surface area contributed by atoms with E-state index in [1.807, 2.05) is 0 Å². The number of carboxylic acids is 1. The van der Waals surface area contributed by atoms with Gasteiger partial charge >= 0.3 is 5.97 Å². The molecule has 98 valence electrons. The van der Waals surface area contributed by atoms with Gasteiger partial charge in [0.05, 0.1) is 11.5 Å². The molecule has 2 unspecified atom stereocenters. The van der Waals surface area contributed by atoms with Crippen molar-refractivity contribution in [3.63, 3.8) is 0 Å². The zero-order valence-corrected chi connectivity index (χ0v) is 10.3. The Morgan fingerprint density at radius 1 is 1.18 bits per heavy atom. The lowest BCUT2D eigenvalue weighted by Gasteiger charge is -2.37. The van der Waals surface area contributed by atoms with Crippen molar-refractivity contribution in [2.75, 3.05) is 6.54 Å². The van der Waals surface area contributed by atoms with Crippen molar-refractivity contribution in [3.8, 4) is 0 Å². The third-order valence-electron chi connectivity index (χ3n) is 4.32. The molecule has 0 amide bonds. The van der Waals surface area contributed by atoms with Gasteiger partial charge < -0.3 is 15.5 Å². The molecule has 2 fully saturated rings. The molecule has 0 aliphatic heterocycles. The first-order valence-electron chi connectivity index (χ1n) is 6.79. The smallest absolute Gasteiger partial charge is 0.308 e. The average molecular weight is 241 g/mol. The Balaban J connectivity index is 1.78. The molecule has 0 aromatic carbocycles. The molecule has 0 saturated heterocycles. The van der Waals surface area contributed by atoms with E-state index >= 15 is 0 Å². The van der Waals surface area contributed by atoms with Crippen molar-refractivity contribution in [2.24, 2.45) is 5.92 Å². The third-order valence-corrected chi connectivity index (χ3v) is 4.32. The fourth-order valence-corrected chi connectivity index (χ4v) is 2.92. The summed E-state index contributed by atoms with van der Waals surface area (Å²) in [5.74, 6) is -0.953. The van der Waals surface area contributed by atoms with E-state index < -0.39 is 11.6 Å². The fraction of sp³-hybridized carbons (Fsp3) is 0.923. The van der Waals surface area contributed by atoms with Crippen molar-refractivity contribution >= 4 is 5.97 Å². The molecule has 4 nitrogen and oxygen atoms in total. The van der Waals surface area contributed by atoms with Crippen molar-refractivity contribution in [2.45, 2.75) is 63.0 Å². The fourth-order valence-electron chi connectivity index (χ4n) is 2.92. The maximum absolute atomic E-state index is 10.9. The van der Waals surface area contributed by atoms with Gasteiger partial charge in [0.1, 0.15) is 0 Å². The van der Waals surface area contributed by atoms with Crippen LogP contribution >= 0.6 is 0 Å². The quantitative estimate of drug-likeness (QED) is 0.653. The van der Waals surface area contributed by atoms with E-state index in [1.54, 1.807) is 0 Å². The highest BCUT2D eigenvalue weighted by Gasteiger charge is 2.38. The number of carboxylic acid groups (broad SMARTS) is 1. The number of hydrogen-bond donors (Lipinski definition) is 3. The van der Waals surface area contributed by atoms with Crippen LogP contribution in [0.3, 0.4) is 0 Å². The van der Waals surface area contributed by atoms with Gasteiger partial charge in [-0.25, -0.2) is 0 Å². The molecule has 2 aliphatic rings. The van der Waals surface area contributed by atoms with Gasteiger partial charge in [-0.2, -0.15) is 0 Å². The molecule has 2 aliphatic carbocycles. The van der Waals surface area contributed by atoms with Crippen LogP contribution in [-0.2, 0) is 4.79 Å². The second-order valence-corrected chi connectivity index (χ2v) is 5.65. The van der Waals surface area contributed by atoms with Crippen molar-refractivity contribution in [1.82, 2.24) is 5.32 Å². The van der Waals surface area contributed by atoms with E-state index in [0.717, 1.165) is 38.5 Å². The maximum atomic E-state index is 10.9. The maximum Gasteiger partial charge on any atom is 0.308 e. The Labute approximate surface area is 102 Å². The zero-order valence-electron chi connectivity index (χ0n) is 10.3. The third kappa shape index (κ3) is 3.19. The van der Waals surface area contributed by atoms with Gasteiger partial charge in [0.15, 0.2) is 0 Å². The SMILES string of the molecule is O=C(O)C1CCC1NCC1(O)CCCCCC1. The highest BCUT2D eigenvalue weighted by atomic mass is 16.4. The monoisotopic (exact) mass is 241 g/mol. The molecule has 0 spiro atoms. The molecular weight excluding hydrogens is 218 g/mol. The summed E-state index contributed by atoms with van der Waals surface area (Å²) in [5, 5.41) is 22.6. The Hall–Kier alpha value is -0.610. The van der Waals surface area contributed by atoms with Gasteiger partial charge in [-0.15, -0.1) is 0 Å². The summed E-state index contributed by atoms with van der Waals surface area (Å²) in [6.07, 6.45) is 8.00. The number of carbonyl (C=O) groups is 1. The molecule has 2 saturated carbocycles. The summed E-state index contributed by atoms with van der Waals surface area (Å²) in [7, 11) is 0. The van der Waals surface area contributed by atoms with E-state index in [9.17, 15) is 9.90 Å². The van der Waals surface area contributed by atoms with Gasteiger partial charge in [-0.3, -0.25) is 4.79 Å². The lowest BCUT2D eigenvalue weighted by Crippen LogP contribution is -2.52.